The van der Waals surface area contributed by atoms with Crippen LogP contribution in [0.3, 0.4) is 0 Å². The van der Waals surface area contributed by atoms with E-state index in [1.54, 1.807) is 0 Å². The van der Waals surface area contributed by atoms with Gasteiger partial charge in [-0.3, -0.25) is 0 Å². The Bertz CT molecular complexity index is 3220. The lowest BCUT2D eigenvalue weighted by Crippen LogP contribution is -2.13. The van der Waals surface area contributed by atoms with Crippen molar-refractivity contribution in [3.05, 3.63) is 200 Å². The summed E-state index contributed by atoms with van der Waals surface area (Å²) in [5.41, 5.74) is 12.3. The largest absolute Gasteiger partial charge is 0.455 e. The van der Waals surface area contributed by atoms with Gasteiger partial charge in [0.2, 0.25) is 0 Å². The van der Waals surface area contributed by atoms with Gasteiger partial charge < -0.3 is 13.9 Å². The van der Waals surface area contributed by atoms with Crippen molar-refractivity contribution in [1.29, 1.82) is 0 Å². The summed E-state index contributed by atoms with van der Waals surface area (Å²) in [5, 5.41) is 7.44. The summed E-state index contributed by atoms with van der Waals surface area (Å²) in [4.78, 5) is 3.81. The molecule has 0 N–H and O–H groups in total. The van der Waals surface area contributed by atoms with Gasteiger partial charge in [-0.2, -0.15) is 0 Å². The first-order chi connectivity index (χ1) is 27.8. The molecule has 3 heterocycles. The minimum Gasteiger partial charge on any atom is -0.455 e. The highest BCUT2D eigenvalue weighted by Crippen LogP contribution is 2.55. The van der Waals surface area contributed by atoms with Gasteiger partial charge in [0, 0.05) is 65.5 Å². The van der Waals surface area contributed by atoms with Crippen molar-refractivity contribution in [1.82, 2.24) is 4.57 Å². The minimum absolute atomic E-state index is 0.347. The van der Waals surface area contributed by atoms with Crippen LogP contribution in [0.2, 0.25) is 0 Å². The van der Waals surface area contributed by atoms with Gasteiger partial charge >= 0.3 is 0 Å². The summed E-state index contributed by atoms with van der Waals surface area (Å²) >= 11 is 1.97. The van der Waals surface area contributed by atoms with Crippen LogP contribution in [0.15, 0.2) is 203 Å². The molecule has 0 radical (unpaired) electrons. The van der Waals surface area contributed by atoms with Gasteiger partial charge in [-0.15, -0.1) is 11.8 Å². The molecule has 4 heteroatoms. The number of anilines is 3. The molecule has 2 unspecified atom stereocenters. The van der Waals surface area contributed by atoms with E-state index in [0.717, 1.165) is 55.5 Å². The molecule has 0 saturated heterocycles. The molecule has 1 aliphatic carbocycles. The number of furan rings is 1. The fourth-order valence-electron chi connectivity index (χ4n) is 9.24. The molecule has 2 atom stereocenters. The smallest absolute Gasteiger partial charge is 0.143 e. The summed E-state index contributed by atoms with van der Waals surface area (Å²) in [6.45, 7) is 0. The van der Waals surface area contributed by atoms with E-state index < -0.39 is 0 Å². The Morgan fingerprint density at radius 2 is 1.16 bits per heavy atom. The Morgan fingerprint density at radius 3 is 2.04 bits per heavy atom. The third-order valence-electron chi connectivity index (χ3n) is 11.7. The number of fused-ring (bicyclic) bond motifs is 11. The molecule has 2 aliphatic rings. The van der Waals surface area contributed by atoms with Crippen LogP contribution in [-0.2, 0) is 0 Å². The maximum atomic E-state index is 6.94. The quantitative estimate of drug-likeness (QED) is 0.176. The van der Waals surface area contributed by atoms with Crippen molar-refractivity contribution >= 4 is 83.3 Å². The second-order valence-corrected chi connectivity index (χ2v) is 16.0. The number of nitrogens with zero attached hydrogens (tertiary/aromatic N) is 2. The fraction of sp³-hybridized carbons (Fsp3) is 0.0385. The molecule has 1 aliphatic heterocycles. The van der Waals surface area contributed by atoms with Crippen LogP contribution in [0.5, 0.6) is 0 Å². The Labute approximate surface area is 328 Å². The third-order valence-corrected chi connectivity index (χ3v) is 13.1. The molecule has 0 fully saturated rings. The van der Waals surface area contributed by atoms with E-state index >= 15 is 0 Å². The van der Waals surface area contributed by atoms with E-state index in [0.29, 0.717) is 11.2 Å². The lowest BCUT2D eigenvalue weighted by molar-refractivity contribution is 0.674. The number of rotatable bonds is 5. The van der Waals surface area contributed by atoms with E-state index in [2.05, 4.69) is 204 Å². The number of hydrogen-bond acceptors (Lipinski definition) is 3. The third kappa shape index (κ3) is 4.66. The molecule has 10 aromatic rings. The maximum absolute atomic E-state index is 6.94. The normalized spacial score (nSPS) is 16.0. The molecule has 0 amide bonds. The van der Waals surface area contributed by atoms with Gasteiger partial charge in [-0.05, 0) is 59.5 Å². The number of allylic oxidation sites excluding steroid dienone is 3. The van der Waals surface area contributed by atoms with Crippen LogP contribution in [-0.4, -0.2) is 9.82 Å². The zero-order valence-corrected chi connectivity index (χ0v) is 31.2. The highest BCUT2D eigenvalue weighted by atomic mass is 32.2. The monoisotopic (exact) mass is 734 g/mol. The molecule has 3 nitrogen and oxygen atoms in total. The molecule has 2 aromatic heterocycles. The first-order valence-electron chi connectivity index (χ1n) is 19.3. The lowest BCUT2D eigenvalue weighted by atomic mass is 9.92. The van der Waals surface area contributed by atoms with Crippen molar-refractivity contribution in [3.63, 3.8) is 0 Å². The van der Waals surface area contributed by atoms with Crippen LogP contribution in [0.1, 0.15) is 11.5 Å². The average Bonchev–Trinajstić information content (AvgIpc) is 3.95. The van der Waals surface area contributed by atoms with Crippen LogP contribution in [0, 0.1) is 0 Å². The SMILES string of the molecule is C1=CC2Sc3c(cccc3N(c3cccc(-n4c5ccccc5c5ccccc54)c3)c3ccccc3-c3cccc4c3oc3c5ccccc5ccc43)C2C=C1. The zero-order chi connectivity index (χ0) is 36.7. The summed E-state index contributed by atoms with van der Waals surface area (Å²) in [6, 6.07) is 61.7. The number of aromatic nitrogens is 1. The average molecular weight is 735 g/mol. The van der Waals surface area contributed by atoms with Gasteiger partial charge in [0.15, 0.2) is 0 Å². The van der Waals surface area contributed by atoms with Gasteiger partial charge in [-0.25, -0.2) is 0 Å². The first kappa shape index (κ1) is 31.6. The zero-order valence-electron chi connectivity index (χ0n) is 30.3. The topological polar surface area (TPSA) is 21.3 Å². The first-order valence-corrected chi connectivity index (χ1v) is 20.1. The van der Waals surface area contributed by atoms with Crippen LogP contribution in [0.4, 0.5) is 17.1 Å². The van der Waals surface area contributed by atoms with Crippen molar-refractivity contribution < 1.29 is 4.42 Å². The molecule has 0 saturated carbocycles. The molecule has 56 heavy (non-hydrogen) atoms. The minimum atomic E-state index is 0.347. The Morgan fingerprint density at radius 1 is 0.500 bits per heavy atom. The van der Waals surface area contributed by atoms with E-state index in [9.17, 15) is 0 Å². The maximum Gasteiger partial charge on any atom is 0.143 e. The second-order valence-electron chi connectivity index (χ2n) is 14.8. The Hall–Kier alpha value is -6.75. The number of thioether (sulfide) groups is 1. The van der Waals surface area contributed by atoms with Crippen LogP contribution in [0.25, 0.3) is 71.3 Å². The second kappa shape index (κ2) is 12.4. The standard InChI is InChI=1S/C52H34N2OS/c1-2-17-36-33(14-1)30-31-43-42-23-12-22-41(51(42)55-50(36)43)39-20-5-9-27-47(39)54(48-28-13-24-44-40-21-6-10-29-49(40)56-52(44)48)35-16-11-15-34(32-35)53-45-25-7-3-18-37(45)38-19-4-8-26-46(38)53/h1-32,40,49H. The van der Waals surface area contributed by atoms with Crippen LogP contribution < -0.4 is 4.90 Å². The number of benzene rings is 8. The Balaban J connectivity index is 1.11. The van der Waals surface area contributed by atoms with Crippen LogP contribution >= 0.6 is 11.8 Å². The molecule has 12 rings (SSSR count). The van der Waals surface area contributed by atoms with Crippen molar-refractivity contribution in [2.45, 2.75) is 16.1 Å². The summed E-state index contributed by atoms with van der Waals surface area (Å²) in [5.74, 6) is 0.347. The van der Waals surface area contributed by atoms with Crippen molar-refractivity contribution in [3.8, 4) is 16.8 Å². The molecule has 264 valence electrons. The van der Waals surface area contributed by atoms with E-state index in [-0.39, 0.29) is 0 Å². The predicted molar refractivity (Wildman–Crippen MR) is 236 cm³/mol. The fourth-order valence-corrected chi connectivity index (χ4v) is 10.7. The molecular formula is C52H34N2OS. The summed E-state index contributed by atoms with van der Waals surface area (Å²) in [6.07, 6.45) is 9.11. The highest BCUT2D eigenvalue weighted by Gasteiger charge is 2.35. The molecule has 8 aromatic carbocycles. The number of hydrogen-bond donors (Lipinski definition) is 0. The van der Waals surface area contributed by atoms with Gasteiger partial charge in [0.05, 0.1) is 22.4 Å². The Kier molecular flexibility index (Phi) is 6.99. The van der Waals surface area contributed by atoms with E-state index in [1.165, 1.54) is 43.3 Å². The summed E-state index contributed by atoms with van der Waals surface area (Å²) in [7, 11) is 0. The van der Waals surface area contributed by atoms with Gasteiger partial charge in [0.25, 0.3) is 0 Å². The number of para-hydroxylation sites is 4. The predicted octanol–water partition coefficient (Wildman–Crippen LogP) is 14.7. The highest BCUT2D eigenvalue weighted by molar-refractivity contribution is 8.00. The van der Waals surface area contributed by atoms with Gasteiger partial charge in [-0.1, -0.05) is 146 Å². The van der Waals surface area contributed by atoms with E-state index in [1.807, 2.05) is 11.8 Å². The lowest BCUT2D eigenvalue weighted by Gasteiger charge is -2.30. The van der Waals surface area contributed by atoms with Crippen molar-refractivity contribution in [2.24, 2.45) is 0 Å². The summed E-state index contributed by atoms with van der Waals surface area (Å²) < 4.78 is 9.35. The molecule has 0 bridgehead atoms. The molecular weight excluding hydrogens is 701 g/mol. The van der Waals surface area contributed by atoms with Crippen molar-refractivity contribution in [2.75, 3.05) is 4.90 Å². The molecule has 0 spiro atoms. The van der Waals surface area contributed by atoms with Gasteiger partial charge in [0.1, 0.15) is 11.2 Å². The van der Waals surface area contributed by atoms with E-state index in [4.69, 9.17) is 4.42 Å².